The van der Waals surface area contributed by atoms with Gasteiger partial charge in [-0.2, -0.15) is 13.8 Å². The molecule has 42 heavy (non-hydrogen) atoms. The minimum absolute atomic E-state index is 0.0252. The quantitative estimate of drug-likeness (QED) is 0.248. The molecule has 0 amide bonds. The van der Waals surface area contributed by atoms with E-state index in [1.54, 1.807) is 6.92 Å². The molecule has 0 bridgehead atoms. The van der Waals surface area contributed by atoms with E-state index < -0.39 is 12.2 Å². The molecule has 0 radical (unpaired) electrons. The minimum atomic E-state index is -2.96. The van der Waals surface area contributed by atoms with E-state index in [4.69, 9.17) is 9.72 Å². The summed E-state index contributed by atoms with van der Waals surface area (Å²) < 4.78 is 38.8. The number of rotatable bonds is 9. The number of aryl methyl sites for hydroxylation is 1. The summed E-state index contributed by atoms with van der Waals surface area (Å²) in [4.78, 5) is 34.7. The van der Waals surface area contributed by atoms with Gasteiger partial charge in [-0.25, -0.2) is 15.0 Å². The Labute approximate surface area is 240 Å². The fourth-order valence-electron chi connectivity index (χ4n) is 5.42. The van der Waals surface area contributed by atoms with Gasteiger partial charge in [-0.15, -0.1) is 0 Å². The number of benzene rings is 2. The van der Waals surface area contributed by atoms with Gasteiger partial charge in [-0.1, -0.05) is 12.5 Å². The number of piperidine rings is 1. The summed E-state index contributed by atoms with van der Waals surface area (Å²) in [5.41, 5.74) is 3.11. The molecule has 4 heterocycles. The molecule has 0 aliphatic carbocycles. The fraction of sp³-hybridized carbons (Fsp3) is 0.367. The van der Waals surface area contributed by atoms with Crippen molar-refractivity contribution < 1.29 is 18.3 Å². The first-order valence-electron chi connectivity index (χ1n) is 14.1. The molecule has 0 saturated carbocycles. The molecule has 0 spiro atoms. The maximum Gasteiger partial charge on any atom is 0.387 e. The van der Waals surface area contributed by atoms with E-state index in [2.05, 4.69) is 29.2 Å². The first-order valence-corrected chi connectivity index (χ1v) is 14.1. The van der Waals surface area contributed by atoms with Gasteiger partial charge in [0.05, 0.1) is 29.5 Å². The van der Waals surface area contributed by atoms with Crippen LogP contribution in [0.2, 0.25) is 0 Å². The molecular formula is C30H31F2N7O3. The van der Waals surface area contributed by atoms with E-state index in [1.165, 1.54) is 54.3 Å². The number of ether oxygens (including phenoxy) is 2. The second-order valence-corrected chi connectivity index (χ2v) is 10.2. The molecule has 0 unspecified atom stereocenters. The second-order valence-electron chi connectivity index (χ2n) is 10.2. The van der Waals surface area contributed by atoms with Crippen LogP contribution in [-0.4, -0.2) is 66.8 Å². The number of likely N-dealkylation sites (tertiary alicyclic amines) is 1. The summed E-state index contributed by atoms with van der Waals surface area (Å²) in [6.45, 7) is 2.41. The third kappa shape index (κ3) is 5.54. The lowest BCUT2D eigenvalue weighted by Gasteiger charge is -2.26. The Morgan fingerprint density at radius 3 is 2.50 bits per heavy atom. The summed E-state index contributed by atoms with van der Waals surface area (Å²) >= 11 is 0. The third-order valence-electron chi connectivity index (χ3n) is 7.52. The highest BCUT2D eigenvalue weighted by Crippen LogP contribution is 2.26. The van der Waals surface area contributed by atoms with Crippen molar-refractivity contribution in [1.29, 1.82) is 0 Å². The van der Waals surface area contributed by atoms with E-state index >= 15 is 0 Å². The predicted octanol–water partition coefficient (Wildman–Crippen LogP) is 4.76. The van der Waals surface area contributed by atoms with Crippen molar-refractivity contribution in [2.75, 3.05) is 26.2 Å². The van der Waals surface area contributed by atoms with Crippen molar-refractivity contribution >= 4 is 22.2 Å². The number of hydrogen-bond acceptors (Lipinski definition) is 8. The Morgan fingerprint density at radius 2 is 1.76 bits per heavy atom. The molecule has 10 nitrogen and oxygen atoms in total. The van der Waals surface area contributed by atoms with Crippen molar-refractivity contribution in [3.05, 3.63) is 64.8 Å². The highest BCUT2D eigenvalue weighted by molar-refractivity contribution is 5.83. The van der Waals surface area contributed by atoms with Gasteiger partial charge in [0.15, 0.2) is 5.65 Å². The summed E-state index contributed by atoms with van der Waals surface area (Å²) in [6, 6.07) is 11.5. The number of halogens is 2. The molecule has 3 aromatic heterocycles. The number of fused-ring (bicyclic) bond motifs is 2. The summed E-state index contributed by atoms with van der Waals surface area (Å²) in [5, 5.41) is 0. The van der Waals surface area contributed by atoms with Gasteiger partial charge in [0.25, 0.3) is 5.56 Å². The average molecular weight is 576 g/mol. The molecule has 1 fully saturated rings. The predicted molar refractivity (Wildman–Crippen MR) is 154 cm³/mol. The highest BCUT2D eigenvalue weighted by atomic mass is 19.3. The van der Waals surface area contributed by atoms with Gasteiger partial charge in [0.2, 0.25) is 0 Å². The largest absolute Gasteiger partial charge is 0.464 e. The molecule has 12 heteroatoms. The number of aromatic nitrogens is 6. The van der Waals surface area contributed by atoms with Crippen LogP contribution in [0.15, 0.2) is 53.5 Å². The SMILES string of the molecule is CCOc1ncc2nc(-c3ccc4nc(CCN5CCCCC5)n(C)c4c3)c(=O)n(-c3ccc(OC(F)F)cc3)c2n1. The van der Waals surface area contributed by atoms with Crippen LogP contribution in [0.1, 0.15) is 32.0 Å². The Balaban J connectivity index is 1.42. The van der Waals surface area contributed by atoms with Gasteiger partial charge >= 0.3 is 12.6 Å². The zero-order valence-corrected chi connectivity index (χ0v) is 23.5. The van der Waals surface area contributed by atoms with Crippen molar-refractivity contribution in [3.63, 3.8) is 0 Å². The lowest BCUT2D eigenvalue weighted by atomic mass is 10.1. The molecule has 1 aliphatic rings. The summed E-state index contributed by atoms with van der Waals surface area (Å²) in [6.07, 6.45) is 6.13. The number of hydrogen-bond donors (Lipinski definition) is 0. The molecule has 0 atom stereocenters. The van der Waals surface area contributed by atoms with Gasteiger partial charge in [0.1, 0.15) is 22.8 Å². The van der Waals surface area contributed by atoms with Crippen LogP contribution in [0.4, 0.5) is 8.78 Å². The Morgan fingerprint density at radius 1 is 0.976 bits per heavy atom. The lowest BCUT2D eigenvalue weighted by Crippen LogP contribution is -2.31. The van der Waals surface area contributed by atoms with Gasteiger partial charge in [-0.3, -0.25) is 9.36 Å². The van der Waals surface area contributed by atoms with Crippen molar-refractivity contribution in [3.8, 4) is 28.7 Å². The zero-order chi connectivity index (χ0) is 29.2. The normalized spacial score (nSPS) is 14.2. The molecule has 1 aliphatic heterocycles. The smallest absolute Gasteiger partial charge is 0.387 e. The van der Waals surface area contributed by atoms with Crippen LogP contribution < -0.4 is 15.0 Å². The lowest BCUT2D eigenvalue weighted by molar-refractivity contribution is -0.0498. The molecule has 2 aromatic carbocycles. The van der Waals surface area contributed by atoms with E-state index in [-0.39, 0.29) is 23.1 Å². The average Bonchev–Trinajstić information content (AvgIpc) is 3.31. The maximum absolute atomic E-state index is 14.0. The Bertz CT molecular complexity index is 1780. The molecule has 0 N–H and O–H groups in total. The Kier molecular flexibility index (Phi) is 7.79. The van der Waals surface area contributed by atoms with Crippen molar-refractivity contribution in [2.24, 2.45) is 7.05 Å². The number of imidazole rings is 1. The van der Waals surface area contributed by atoms with Crippen LogP contribution in [-0.2, 0) is 13.5 Å². The molecule has 6 rings (SSSR count). The van der Waals surface area contributed by atoms with Crippen LogP contribution in [0.3, 0.4) is 0 Å². The van der Waals surface area contributed by atoms with E-state index in [0.29, 0.717) is 23.4 Å². The van der Waals surface area contributed by atoms with Crippen LogP contribution in [0.25, 0.3) is 39.1 Å². The van der Waals surface area contributed by atoms with E-state index in [1.807, 2.05) is 25.2 Å². The first kappa shape index (κ1) is 27.7. The number of nitrogens with zero attached hydrogens (tertiary/aromatic N) is 7. The maximum atomic E-state index is 14.0. The summed E-state index contributed by atoms with van der Waals surface area (Å²) in [5.74, 6) is 0.960. The van der Waals surface area contributed by atoms with Crippen LogP contribution in [0, 0.1) is 0 Å². The van der Waals surface area contributed by atoms with Crippen molar-refractivity contribution in [1.82, 2.24) is 34.0 Å². The minimum Gasteiger partial charge on any atom is -0.464 e. The number of alkyl halides is 2. The van der Waals surface area contributed by atoms with Gasteiger partial charge < -0.3 is 18.9 Å². The molecular weight excluding hydrogens is 544 g/mol. The topological polar surface area (TPSA) is 100 Å². The van der Waals surface area contributed by atoms with E-state index in [0.717, 1.165) is 42.9 Å². The molecule has 1 saturated heterocycles. The van der Waals surface area contributed by atoms with Gasteiger partial charge in [0, 0.05) is 25.6 Å². The van der Waals surface area contributed by atoms with E-state index in [9.17, 15) is 13.6 Å². The zero-order valence-electron chi connectivity index (χ0n) is 23.5. The standard InChI is InChI=1S/C30H31F2N7O3/c1-3-41-30-33-18-23-27(36-30)39(20-8-10-21(11-9-20)42-29(31)32)28(40)26(35-23)19-7-12-22-24(17-19)37(2)25(34-22)13-16-38-14-5-4-6-15-38/h7-12,17-18,29H,3-6,13-16H2,1-2H3. The molecule has 218 valence electrons. The summed E-state index contributed by atoms with van der Waals surface area (Å²) in [7, 11) is 1.99. The van der Waals surface area contributed by atoms with Crippen LogP contribution >= 0.6 is 0 Å². The third-order valence-corrected chi connectivity index (χ3v) is 7.52. The molecule has 5 aromatic rings. The monoisotopic (exact) mass is 575 g/mol. The second kappa shape index (κ2) is 11.8. The van der Waals surface area contributed by atoms with Gasteiger partial charge in [-0.05, 0) is 69.3 Å². The van der Waals surface area contributed by atoms with Crippen LogP contribution in [0.5, 0.6) is 11.8 Å². The fourth-order valence-corrected chi connectivity index (χ4v) is 5.42. The Hall–Kier alpha value is -4.45. The highest BCUT2D eigenvalue weighted by Gasteiger charge is 2.19. The van der Waals surface area contributed by atoms with Crippen molar-refractivity contribution in [2.45, 2.75) is 39.2 Å². The first-order chi connectivity index (χ1) is 20.4.